The molecule has 3 heterocycles. The number of benzene rings is 1. The van der Waals surface area contributed by atoms with E-state index in [4.69, 9.17) is 4.52 Å². The van der Waals surface area contributed by atoms with Gasteiger partial charge in [-0.2, -0.15) is 10.1 Å². The SMILES string of the molecule is Brc1cnn(Cc2cccc(-c3nc(-c4cccs4)no3)c2)c1. The average molecular weight is 387 g/mol. The van der Waals surface area contributed by atoms with Crippen molar-refractivity contribution in [2.75, 3.05) is 0 Å². The summed E-state index contributed by atoms with van der Waals surface area (Å²) < 4.78 is 8.23. The first-order valence-electron chi connectivity index (χ1n) is 6.93. The lowest BCUT2D eigenvalue weighted by Crippen LogP contribution is -1.99. The van der Waals surface area contributed by atoms with Crippen LogP contribution in [0, 0.1) is 0 Å². The number of nitrogens with zero attached hydrogens (tertiary/aromatic N) is 4. The molecule has 5 nitrogen and oxygen atoms in total. The van der Waals surface area contributed by atoms with E-state index < -0.39 is 0 Å². The highest BCUT2D eigenvalue weighted by molar-refractivity contribution is 9.10. The molecule has 0 N–H and O–H groups in total. The van der Waals surface area contributed by atoms with Crippen molar-refractivity contribution >= 4 is 27.3 Å². The molecule has 0 spiro atoms. The second-order valence-corrected chi connectivity index (χ2v) is 6.82. The Morgan fingerprint density at radius 2 is 2.17 bits per heavy atom. The van der Waals surface area contributed by atoms with E-state index in [2.05, 4.69) is 37.2 Å². The summed E-state index contributed by atoms with van der Waals surface area (Å²) >= 11 is 4.99. The third-order valence-corrected chi connectivity index (χ3v) is 4.56. The van der Waals surface area contributed by atoms with Gasteiger partial charge in [0.15, 0.2) is 0 Å². The Bertz CT molecular complexity index is 929. The van der Waals surface area contributed by atoms with Crippen molar-refractivity contribution in [3.05, 3.63) is 64.2 Å². The van der Waals surface area contributed by atoms with Gasteiger partial charge in [-0.3, -0.25) is 4.68 Å². The molecule has 4 rings (SSSR count). The van der Waals surface area contributed by atoms with Gasteiger partial charge in [0.05, 0.1) is 22.1 Å². The highest BCUT2D eigenvalue weighted by Crippen LogP contribution is 2.25. The van der Waals surface area contributed by atoms with Crippen LogP contribution < -0.4 is 0 Å². The lowest BCUT2D eigenvalue weighted by Gasteiger charge is -2.03. The van der Waals surface area contributed by atoms with Crippen molar-refractivity contribution in [1.82, 2.24) is 19.9 Å². The van der Waals surface area contributed by atoms with Gasteiger partial charge in [-0.15, -0.1) is 11.3 Å². The maximum absolute atomic E-state index is 5.40. The van der Waals surface area contributed by atoms with E-state index in [0.717, 1.165) is 20.5 Å². The molecule has 4 aromatic rings. The molecule has 0 aliphatic heterocycles. The number of hydrogen-bond donors (Lipinski definition) is 0. The zero-order valence-corrected chi connectivity index (χ0v) is 14.3. The van der Waals surface area contributed by atoms with E-state index >= 15 is 0 Å². The van der Waals surface area contributed by atoms with Crippen LogP contribution >= 0.6 is 27.3 Å². The summed E-state index contributed by atoms with van der Waals surface area (Å²) in [5.41, 5.74) is 2.03. The van der Waals surface area contributed by atoms with Crippen LogP contribution in [0.15, 0.2) is 63.2 Å². The van der Waals surface area contributed by atoms with Gasteiger partial charge in [-0.25, -0.2) is 0 Å². The van der Waals surface area contributed by atoms with Crippen molar-refractivity contribution in [3.8, 4) is 22.2 Å². The fraction of sp³-hybridized carbons (Fsp3) is 0.0625. The third-order valence-electron chi connectivity index (χ3n) is 3.29. The van der Waals surface area contributed by atoms with Crippen LogP contribution in [-0.4, -0.2) is 19.9 Å². The van der Waals surface area contributed by atoms with Gasteiger partial charge in [-0.05, 0) is 45.1 Å². The Balaban J connectivity index is 1.61. The molecule has 7 heteroatoms. The largest absolute Gasteiger partial charge is 0.334 e. The molecular formula is C16H11BrN4OS. The summed E-state index contributed by atoms with van der Waals surface area (Å²) in [7, 11) is 0. The quantitative estimate of drug-likeness (QED) is 0.518. The molecule has 1 aromatic carbocycles. The first kappa shape index (κ1) is 14.3. The molecule has 0 radical (unpaired) electrons. The Morgan fingerprint density at radius 1 is 1.22 bits per heavy atom. The molecule has 0 bridgehead atoms. The van der Waals surface area contributed by atoms with Crippen molar-refractivity contribution in [3.63, 3.8) is 0 Å². The lowest BCUT2D eigenvalue weighted by atomic mass is 10.1. The van der Waals surface area contributed by atoms with Gasteiger partial charge in [0, 0.05) is 11.8 Å². The molecule has 23 heavy (non-hydrogen) atoms. The first-order valence-corrected chi connectivity index (χ1v) is 8.60. The van der Waals surface area contributed by atoms with Crippen molar-refractivity contribution in [1.29, 1.82) is 0 Å². The Hall–Kier alpha value is -2.25. The summed E-state index contributed by atoms with van der Waals surface area (Å²) in [6.45, 7) is 0.686. The molecule has 0 unspecified atom stereocenters. The van der Waals surface area contributed by atoms with Gasteiger partial charge in [-0.1, -0.05) is 23.4 Å². The standard InChI is InChI=1S/C16H11BrN4OS/c17-13-8-18-21(10-13)9-11-3-1-4-12(7-11)16-19-15(20-22-16)14-5-2-6-23-14/h1-8,10H,9H2. The highest BCUT2D eigenvalue weighted by Gasteiger charge is 2.11. The second-order valence-electron chi connectivity index (χ2n) is 4.96. The van der Waals surface area contributed by atoms with Crippen LogP contribution in [0.2, 0.25) is 0 Å². The predicted molar refractivity (Wildman–Crippen MR) is 92.1 cm³/mol. The topological polar surface area (TPSA) is 56.7 Å². The van der Waals surface area contributed by atoms with E-state index in [9.17, 15) is 0 Å². The average Bonchev–Trinajstić information content (AvgIpc) is 3.28. The molecule has 0 amide bonds. The minimum Gasteiger partial charge on any atom is -0.334 e. The molecule has 0 aliphatic carbocycles. The molecule has 0 aliphatic rings. The summed E-state index contributed by atoms with van der Waals surface area (Å²) in [6, 6.07) is 12.0. The smallest absolute Gasteiger partial charge is 0.258 e. The van der Waals surface area contributed by atoms with E-state index in [0.29, 0.717) is 18.3 Å². The minimum atomic E-state index is 0.525. The molecule has 114 valence electrons. The Labute approximate surface area is 144 Å². The maximum Gasteiger partial charge on any atom is 0.258 e. The minimum absolute atomic E-state index is 0.525. The van der Waals surface area contributed by atoms with Gasteiger partial charge in [0.2, 0.25) is 5.82 Å². The molecule has 0 fully saturated rings. The molecule has 0 atom stereocenters. The summed E-state index contributed by atoms with van der Waals surface area (Å²) in [5.74, 6) is 1.15. The van der Waals surface area contributed by atoms with E-state index in [-0.39, 0.29) is 0 Å². The maximum atomic E-state index is 5.40. The first-order chi connectivity index (χ1) is 11.3. The number of thiophene rings is 1. The van der Waals surface area contributed by atoms with Crippen LogP contribution in [-0.2, 0) is 6.54 Å². The zero-order chi connectivity index (χ0) is 15.6. The fourth-order valence-corrected chi connectivity index (χ4v) is 3.24. The van der Waals surface area contributed by atoms with Gasteiger partial charge < -0.3 is 4.52 Å². The number of halogens is 1. The van der Waals surface area contributed by atoms with Crippen molar-refractivity contribution < 1.29 is 4.52 Å². The summed E-state index contributed by atoms with van der Waals surface area (Å²) in [6.07, 6.45) is 3.71. The van der Waals surface area contributed by atoms with E-state index in [1.165, 1.54) is 0 Å². The van der Waals surface area contributed by atoms with Gasteiger partial charge >= 0.3 is 0 Å². The number of hydrogen-bond acceptors (Lipinski definition) is 5. The second kappa shape index (κ2) is 6.10. The lowest BCUT2D eigenvalue weighted by molar-refractivity contribution is 0.432. The Kier molecular flexibility index (Phi) is 3.80. The van der Waals surface area contributed by atoms with Crippen LogP contribution in [0.1, 0.15) is 5.56 Å². The normalized spacial score (nSPS) is 11.0. The zero-order valence-electron chi connectivity index (χ0n) is 11.9. The summed E-state index contributed by atoms with van der Waals surface area (Å²) in [5, 5.41) is 10.3. The number of aromatic nitrogens is 4. The van der Waals surface area contributed by atoms with Crippen LogP contribution in [0.5, 0.6) is 0 Å². The molecule has 0 saturated heterocycles. The van der Waals surface area contributed by atoms with Crippen LogP contribution in [0.3, 0.4) is 0 Å². The van der Waals surface area contributed by atoms with E-state index in [1.54, 1.807) is 17.5 Å². The fourth-order valence-electron chi connectivity index (χ4n) is 2.26. The molecule has 0 saturated carbocycles. The van der Waals surface area contributed by atoms with E-state index in [1.807, 2.05) is 46.6 Å². The molecular weight excluding hydrogens is 376 g/mol. The monoisotopic (exact) mass is 386 g/mol. The number of rotatable bonds is 4. The van der Waals surface area contributed by atoms with Gasteiger partial charge in [0.1, 0.15) is 0 Å². The van der Waals surface area contributed by atoms with Crippen LogP contribution in [0.4, 0.5) is 0 Å². The van der Waals surface area contributed by atoms with Crippen molar-refractivity contribution in [2.45, 2.75) is 6.54 Å². The predicted octanol–water partition coefficient (Wildman–Crippen LogP) is 4.47. The molecule has 3 aromatic heterocycles. The Morgan fingerprint density at radius 3 is 2.96 bits per heavy atom. The van der Waals surface area contributed by atoms with Crippen LogP contribution in [0.25, 0.3) is 22.2 Å². The van der Waals surface area contributed by atoms with Crippen molar-refractivity contribution in [2.24, 2.45) is 0 Å². The summed E-state index contributed by atoms with van der Waals surface area (Å²) in [4.78, 5) is 5.48. The van der Waals surface area contributed by atoms with Gasteiger partial charge in [0.25, 0.3) is 5.89 Å². The third kappa shape index (κ3) is 3.11. The highest BCUT2D eigenvalue weighted by atomic mass is 79.9.